The Labute approximate surface area is 154 Å². The van der Waals surface area contributed by atoms with E-state index in [4.69, 9.17) is 0 Å². The maximum absolute atomic E-state index is 14.0. The maximum Gasteiger partial charge on any atom is 0.232 e. The van der Waals surface area contributed by atoms with E-state index in [2.05, 4.69) is 28.3 Å². The lowest BCUT2D eigenvalue weighted by Crippen LogP contribution is -2.26. The van der Waals surface area contributed by atoms with Crippen LogP contribution in [0.1, 0.15) is 18.2 Å². The molecule has 7 heteroatoms. The van der Waals surface area contributed by atoms with Gasteiger partial charge in [0.05, 0.1) is 5.69 Å². The van der Waals surface area contributed by atoms with E-state index in [1.165, 1.54) is 5.56 Å². The molecular formula is C20H17F3N4. The largest absolute Gasteiger partial charge is 0.338 e. The first-order valence-electron chi connectivity index (χ1n) is 8.57. The molecule has 1 atom stereocenters. The lowest BCUT2D eigenvalue weighted by Gasteiger charge is -2.23. The molecule has 0 fully saturated rings. The molecule has 1 aliphatic heterocycles. The number of nitrogens with one attached hydrogen (secondary N) is 1. The zero-order valence-electron chi connectivity index (χ0n) is 14.8. The minimum atomic E-state index is -1.52. The second kappa shape index (κ2) is 6.57. The average molecular weight is 370 g/mol. The van der Waals surface area contributed by atoms with Crippen molar-refractivity contribution in [2.45, 2.75) is 26.3 Å². The maximum atomic E-state index is 14.0. The fourth-order valence-corrected chi connectivity index (χ4v) is 3.36. The molecule has 1 unspecified atom stereocenters. The quantitative estimate of drug-likeness (QED) is 0.657. The second-order valence-electron chi connectivity index (χ2n) is 6.59. The van der Waals surface area contributed by atoms with Crippen molar-refractivity contribution in [1.82, 2.24) is 9.97 Å². The summed E-state index contributed by atoms with van der Waals surface area (Å²) in [4.78, 5) is 11.0. The van der Waals surface area contributed by atoms with Crippen LogP contribution in [0.2, 0.25) is 0 Å². The number of para-hydroxylation sites is 1. The Morgan fingerprint density at radius 2 is 1.81 bits per heavy atom. The third-order valence-electron chi connectivity index (χ3n) is 4.56. The molecule has 0 saturated heterocycles. The zero-order chi connectivity index (χ0) is 19.1. The summed E-state index contributed by atoms with van der Waals surface area (Å²) in [7, 11) is 0. The second-order valence-corrected chi connectivity index (χ2v) is 6.59. The van der Waals surface area contributed by atoms with Gasteiger partial charge in [0.1, 0.15) is 5.82 Å². The number of halogens is 3. The van der Waals surface area contributed by atoms with Crippen LogP contribution in [-0.2, 0) is 6.42 Å². The van der Waals surface area contributed by atoms with Crippen LogP contribution in [0.3, 0.4) is 0 Å². The molecule has 2 aromatic carbocycles. The van der Waals surface area contributed by atoms with Crippen LogP contribution < -0.4 is 10.2 Å². The molecule has 0 amide bonds. The number of benzene rings is 2. The summed E-state index contributed by atoms with van der Waals surface area (Å²) in [5.74, 6) is -3.27. The minimum Gasteiger partial charge on any atom is -0.338 e. The highest BCUT2D eigenvalue weighted by atomic mass is 19.2. The number of rotatable bonds is 3. The zero-order valence-corrected chi connectivity index (χ0v) is 14.8. The first kappa shape index (κ1) is 17.3. The molecule has 0 aliphatic carbocycles. The predicted octanol–water partition coefficient (Wildman–Crippen LogP) is 5.03. The molecule has 27 heavy (non-hydrogen) atoms. The van der Waals surface area contributed by atoms with E-state index in [1.807, 2.05) is 23.1 Å². The Bertz CT molecular complexity index is 1020. The Morgan fingerprint density at radius 1 is 1.04 bits per heavy atom. The van der Waals surface area contributed by atoms with Gasteiger partial charge in [-0.2, -0.15) is 4.98 Å². The normalized spacial score (nSPS) is 15.7. The summed E-state index contributed by atoms with van der Waals surface area (Å²) in [5.41, 5.74) is 2.71. The van der Waals surface area contributed by atoms with Crippen LogP contribution in [-0.4, -0.2) is 16.0 Å². The van der Waals surface area contributed by atoms with Gasteiger partial charge in [-0.3, -0.25) is 0 Å². The molecule has 0 spiro atoms. The average Bonchev–Trinajstić information content (AvgIpc) is 2.97. The summed E-state index contributed by atoms with van der Waals surface area (Å²) < 4.78 is 40.6. The van der Waals surface area contributed by atoms with Crippen LogP contribution in [0.15, 0.2) is 42.5 Å². The van der Waals surface area contributed by atoms with Crippen molar-refractivity contribution in [2.24, 2.45) is 0 Å². The van der Waals surface area contributed by atoms with Crippen LogP contribution in [0.5, 0.6) is 0 Å². The van der Waals surface area contributed by atoms with Gasteiger partial charge in [-0.25, -0.2) is 18.2 Å². The molecule has 1 aromatic heterocycles. The molecule has 0 radical (unpaired) electrons. The molecule has 4 rings (SSSR count). The fourth-order valence-electron chi connectivity index (χ4n) is 3.36. The van der Waals surface area contributed by atoms with Gasteiger partial charge in [0.15, 0.2) is 17.5 Å². The van der Waals surface area contributed by atoms with E-state index < -0.39 is 17.5 Å². The van der Waals surface area contributed by atoms with E-state index in [9.17, 15) is 13.2 Å². The monoisotopic (exact) mass is 370 g/mol. The van der Waals surface area contributed by atoms with Crippen molar-refractivity contribution in [1.29, 1.82) is 0 Å². The molecule has 2 heterocycles. The summed E-state index contributed by atoms with van der Waals surface area (Å²) in [6, 6.07) is 11.8. The van der Waals surface area contributed by atoms with Crippen molar-refractivity contribution in [3.05, 3.63) is 71.2 Å². The van der Waals surface area contributed by atoms with Crippen molar-refractivity contribution in [2.75, 3.05) is 10.2 Å². The first-order chi connectivity index (χ1) is 12.9. The number of aromatic nitrogens is 2. The molecule has 0 bridgehead atoms. The predicted molar refractivity (Wildman–Crippen MR) is 98.1 cm³/mol. The van der Waals surface area contributed by atoms with E-state index in [-0.39, 0.29) is 11.7 Å². The molecule has 1 N–H and O–H groups in total. The number of hydrogen-bond acceptors (Lipinski definition) is 4. The van der Waals surface area contributed by atoms with Crippen LogP contribution in [0.25, 0.3) is 0 Å². The lowest BCUT2D eigenvalue weighted by molar-refractivity contribution is 0.449. The Kier molecular flexibility index (Phi) is 4.22. The van der Waals surface area contributed by atoms with Gasteiger partial charge < -0.3 is 10.2 Å². The molecule has 138 valence electrons. The van der Waals surface area contributed by atoms with Crippen molar-refractivity contribution >= 4 is 23.1 Å². The number of aryl methyl sites for hydroxylation is 1. The summed E-state index contributed by atoms with van der Waals surface area (Å²) >= 11 is 0. The Balaban J connectivity index is 1.72. The standard InChI is InChI=1S/C20H17F3N4/c1-11-9-17(25-15-8-7-14(21)18(22)19(15)23)26-20(24-11)27-12(2)10-13-5-3-4-6-16(13)27/h3-9,12H,10H2,1-2H3,(H,24,25,26). The molecule has 0 saturated carbocycles. The van der Waals surface area contributed by atoms with Crippen molar-refractivity contribution in [3.63, 3.8) is 0 Å². The summed E-state index contributed by atoms with van der Waals surface area (Å²) in [6.45, 7) is 3.87. The number of hydrogen-bond donors (Lipinski definition) is 1. The van der Waals surface area contributed by atoms with Gasteiger partial charge in [-0.1, -0.05) is 18.2 Å². The molecular weight excluding hydrogens is 353 g/mol. The van der Waals surface area contributed by atoms with E-state index in [1.54, 1.807) is 13.0 Å². The number of anilines is 4. The van der Waals surface area contributed by atoms with E-state index in [0.717, 1.165) is 24.2 Å². The van der Waals surface area contributed by atoms with Crippen LogP contribution >= 0.6 is 0 Å². The highest BCUT2D eigenvalue weighted by molar-refractivity contribution is 5.68. The van der Waals surface area contributed by atoms with Gasteiger partial charge in [-0.15, -0.1) is 0 Å². The Morgan fingerprint density at radius 3 is 2.63 bits per heavy atom. The molecule has 4 nitrogen and oxygen atoms in total. The van der Waals surface area contributed by atoms with Gasteiger partial charge in [0.2, 0.25) is 5.95 Å². The lowest BCUT2D eigenvalue weighted by atomic mass is 10.1. The smallest absolute Gasteiger partial charge is 0.232 e. The Hall–Kier alpha value is -3.09. The fraction of sp³-hybridized carbons (Fsp3) is 0.200. The molecule has 3 aromatic rings. The van der Waals surface area contributed by atoms with Crippen molar-refractivity contribution in [3.8, 4) is 0 Å². The SMILES string of the molecule is Cc1cc(Nc2ccc(F)c(F)c2F)nc(N2c3ccccc3CC2C)n1. The third kappa shape index (κ3) is 3.09. The molecule has 1 aliphatic rings. The third-order valence-corrected chi connectivity index (χ3v) is 4.56. The topological polar surface area (TPSA) is 41.1 Å². The number of nitrogens with zero attached hydrogens (tertiary/aromatic N) is 3. The van der Waals surface area contributed by atoms with Gasteiger partial charge >= 0.3 is 0 Å². The van der Waals surface area contributed by atoms with Crippen LogP contribution in [0.4, 0.5) is 36.3 Å². The van der Waals surface area contributed by atoms with Gasteiger partial charge in [-0.05, 0) is 44.0 Å². The van der Waals surface area contributed by atoms with Crippen molar-refractivity contribution < 1.29 is 13.2 Å². The van der Waals surface area contributed by atoms with E-state index >= 15 is 0 Å². The van der Waals surface area contributed by atoms with Gasteiger partial charge in [0, 0.05) is 23.5 Å². The summed E-state index contributed by atoms with van der Waals surface area (Å²) in [6.07, 6.45) is 0.869. The number of fused-ring (bicyclic) bond motifs is 1. The van der Waals surface area contributed by atoms with Gasteiger partial charge in [0.25, 0.3) is 0 Å². The highest BCUT2D eigenvalue weighted by Crippen LogP contribution is 2.37. The van der Waals surface area contributed by atoms with E-state index in [0.29, 0.717) is 17.5 Å². The minimum absolute atomic E-state index is 0.164. The highest BCUT2D eigenvalue weighted by Gasteiger charge is 2.29. The first-order valence-corrected chi connectivity index (χ1v) is 8.57. The van der Waals surface area contributed by atoms with Crippen LogP contribution in [0, 0.1) is 24.4 Å². The summed E-state index contributed by atoms with van der Waals surface area (Å²) in [5, 5.41) is 2.72.